The van der Waals surface area contributed by atoms with E-state index in [4.69, 9.17) is 20.7 Å². The van der Waals surface area contributed by atoms with Gasteiger partial charge in [-0.1, -0.05) is 11.6 Å². The number of pyridine rings is 1. The van der Waals surface area contributed by atoms with E-state index < -0.39 is 6.10 Å². The predicted molar refractivity (Wildman–Crippen MR) is 116 cm³/mol. The van der Waals surface area contributed by atoms with Gasteiger partial charge in [-0.15, -0.1) is 12.4 Å². The second-order valence-electron chi connectivity index (χ2n) is 7.28. The lowest BCUT2D eigenvalue weighted by Gasteiger charge is -2.29. The molecule has 0 amide bonds. The van der Waals surface area contributed by atoms with Crippen LogP contribution in [0.3, 0.4) is 0 Å². The summed E-state index contributed by atoms with van der Waals surface area (Å²) in [6, 6.07) is 1.91. The van der Waals surface area contributed by atoms with Crippen LogP contribution < -0.4 is 10.6 Å². The fourth-order valence-corrected chi connectivity index (χ4v) is 5.09. The molecule has 4 heterocycles. The Bertz CT molecular complexity index is 798. The Hall–Kier alpha value is -0.960. The molecule has 3 N–H and O–H groups in total. The third kappa shape index (κ3) is 4.61. The number of aromatic nitrogens is 2. The second-order valence-corrected chi connectivity index (χ2v) is 8.46. The first-order valence-electron chi connectivity index (χ1n) is 9.48. The summed E-state index contributed by atoms with van der Waals surface area (Å²) in [4.78, 5) is 5.50. The van der Waals surface area contributed by atoms with Crippen LogP contribution in [0.2, 0.25) is 5.02 Å². The van der Waals surface area contributed by atoms with Crippen molar-refractivity contribution in [2.75, 3.05) is 31.6 Å². The van der Waals surface area contributed by atoms with E-state index in [1.54, 1.807) is 6.20 Å². The highest BCUT2D eigenvalue weighted by atomic mass is 35.5. The van der Waals surface area contributed by atoms with Gasteiger partial charge < -0.3 is 20.5 Å². The summed E-state index contributed by atoms with van der Waals surface area (Å²) in [5.41, 5.74) is 3.38. The minimum atomic E-state index is -0.531. The minimum absolute atomic E-state index is 0. The molecule has 2 atom stereocenters. The van der Waals surface area contributed by atoms with Gasteiger partial charge in [0.15, 0.2) is 0 Å². The van der Waals surface area contributed by atoms with Gasteiger partial charge in [0, 0.05) is 24.3 Å². The van der Waals surface area contributed by atoms with Crippen molar-refractivity contribution < 1.29 is 9.84 Å². The maximum Gasteiger partial charge on any atom is 0.126 e. The molecule has 154 valence electrons. The summed E-state index contributed by atoms with van der Waals surface area (Å²) in [5, 5.41) is 17.5. The lowest BCUT2D eigenvalue weighted by atomic mass is 9.91. The summed E-state index contributed by atoms with van der Waals surface area (Å²) < 4.78 is 10.1. The molecular weight excluding hydrogens is 419 g/mol. The molecule has 2 aliphatic heterocycles. The first-order chi connectivity index (χ1) is 13.1. The molecule has 0 bridgehead atoms. The summed E-state index contributed by atoms with van der Waals surface area (Å²) >= 11 is 7.99. The largest absolute Gasteiger partial charge is 0.389 e. The van der Waals surface area contributed by atoms with E-state index in [0.29, 0.717) is 24.2 Å². The van der Waals surface area contributed by atoms with Crippen LogP contribution in [0.5, 0.6) is 0 Å². The van der Waals surface area contributed by atoms with Crippen molar-refractivity contribution in [3.05, 3.63) is 28.5 Å². The Balaban J connectivity index is 0.00000225. The van der Waals surface area contributed by atoms with Crippen LogP contribution in [0.1, 0.15) is 36.4 Å². The second kappa shape index (κ2) is 9.69. The monoisotopic (exact) mass is 444 g/mol. The maximum atomic E-state index is 10.1. The molecule has 2 aromatic heterocycles. The number of nitrogens with one attached hydrogen (secondary N) is 2. The number of rotatable bonds is 4. The van der Waals surface area contributed by atoms with Crippen LogP contribution in [-0.2, 0) is 4.74 Å². The Kier molecular flexibility index (Phi) is 7.53. The highest BCUT2D eigenvalue weighted by Gasteiger charge is 2.25. The van der Waals surface area contributed by atoms with E-state index in [2.05, 4.69) is 22.5 Å². The first kappa shape index (κ1) is 21.7. The number of hydrogen-bond donors (Lipinski definition) is 3. The Morgan fingerprint density at radius 3 is 2.86 bits per heavy atom. The van der Waals surface area contributed by atoms with Crippen molar-refractivity contribution in [3.63, 3.8) is 0 Å². The number of piperidine rings is 1. The molecule has 2 saturated heterocycles. The average molecular weight is 445 g/mol. The van der Waals surface area contributed by atoms with E-state index in [1.165, 1.54) is 22.8 Å². The Labute approximate surface area is 180 Å². The molecular formula is C19H26Cl2N4O2S. The molecule has 0 saturated carbocycles. The van der Waals surface area contributed by atoms with Gasteiger partial charge >= 0.3 is 0 Å². The molecule has 0 aliphatic carbocycles. The number of aliphatic hydroxyl groups excluding tert-OH is 1. The van der Waals surface area contributed by atoms with Crippen molar-refractivity contribution in [1.29, 1.82) is 0 Å². The zero-order valence-electron chi connectivity index (χ0n) is 15.8. The quantitative estimate of drug-likeness (QED) is 0.667. The van der Waals surface area contributed by atoms with Gasteiger partial charge in [0.2, 0.25) is 0 Å². The van der Waals surface area contributed by atoms with Gasteiger partial charge in [-0.25, -0.2) is 4.98 Å². The number of hydrogen-bond acceptors (Lipinski definition) is 7. The molecule has 4 rings (SSSR count). The van der Waals surface area contributed by atoms with Crippen molar-refractivity contribution in [2.24, 2.45) is 0 Å². The van der Waals surface area contributed by atoms with Crippen LogP contribution in [0.4, 0.5) is 5.82 Å². The molecule has 2 aromatic rings. The lowest BCUT2D eigenvalue weighted by Crippen LogP contribution is -2.42. The normalized spacial score (nSPS) is 23.2. The maximum absolute atomic E-state index is 10.1. The first-order valence-corrected chi connectivity index (χ1v) is 10.6. The smallest absolute Gasteiger partial charge is 0.126 e. The standard InChI is InChI=1S/C19H25ClN4O2S.ClH/c1-11-18(12-2-5-21-6-3-12)24-27-19(11)13-8-17(22-9-14(13)20)23-15-4-7-26-10-16(15)25;/h8-9,12,15-16,21,25H,2-7,10H2,1H3,(H,22,23);1H/t15-,16-;/m1./s1. The molecule has 0 spiro atoms. The number of nitrogens with zero attached hydrogens (tertiary/aromatic N) is 2. The zero-order chi connectivity index (χ0) is 18.8. The number of ether oxygens (including phenoxy) is 1. The van der Waals surface area contributed by atoms with E-state index in [1.807, 2.05) is 6.07 Å². The number of anilines is 1. The molecule has 28 heavy (non-hydrogen) atoms. The van der Waals surface area contributed by atoms with Crippen LogP contribution in [-0.4, -0.2) is 52.9 Å². The highest BCUT2D eigenvalue weighted by molar-refractivity contribution is 7.10. The fraction of sp³-hybridized carbons (Fsp3) is 0.579. The zero-order valence-corrected chi connectivity index (χ0v) is 18.2. The number of aliphatic hydroxyl groups is 1. The fourth-order valence-electron chi connectivity index (χ4n) is 3.85. The van der Waals surface area contributed by atoms with Crippen LogP contribution in [0.25, 0.3) is 10.4 Å². The van der Waals surface area contributed by atoms with Gasteiger partial charge in [-0.2, -0.15) is 4.37 Å². The van der Waals surface area contributed by atoms with Gasteiger partial charge in [0.25, 0.3) is 0 Å². The molecule has 0 aromatic carbocycles. The SMILES string of the molecule is Cc1c(C2CCNCC2)nsc1-c1cc(N[C@@H]2CCOC[C@H]2O)ncc1Cl.Cl. The molecule has 6 nitrogen and oxygen atoms in total. The van der Waals surface area contributed by atoms with Crippen molar-refractivity contribution in [3.8, 4) is 10.4 Å². The van der Waals surface area contributed by atoms with Crippen LogP contribution in [0.15, 0.2) is 12.3 Å². The van der Waals surface area contributed by atoms with Crippen molar-refractivity contribution in [2.45, 2.75) is 44.2 Å². The van der Waals surface area contributed by atoms with Crippen molar-refractivity contribution >= 4 is 41.4 Å². The topological polar surface area (TPSA) is 79.3 Å². The average Bonchev–Trinajstić information content (AvgIpc) is 3.07. The molecule has 0 unspecified atom stereocenters. The lowest BCUT2D eigenvalue weighted by molar-refractivity contribution is -0.0135. The third-order valence-electron chi connectivity index (χ3n) is 5.45. The molecule has 2 fully saturated rings. The number of halogens is 2. The Morgan fingerprint density at radius 1 is 1.32 bits per heavy atom. The van der Waals surface area contributed by atoms with E-state index in [-0.39, 0.29) is 18.4 Å². The third-order valence-corrected chi connectivity index (χ3v) is 6.74. The van der Waals surface area contributed by atoms with Crippen LogP contribution in [0, 0.1) is 6.92 Å². The van der Waals surface area contributed by atoms with Crippen LogP contribution >= 0.6 is 35.5 Å². The molecule has 9 heteroatoms. The summed E-state index contributed by atoms with van der Waals surface area (Å²) in [6.07, 6.45) is 4.15. The summed E-state index contributed by atoms with van der Waals surface area (Å²) in [6.45, 7) is 5.24. The summed E-state index contributed by atoms with van der Waals surface area (Å²) in [7, 11) is 0. The van der Waals surface area contributed by atoms with Crippen molar-refractivity contribution in [1.82, 2.24) is 14.7 Å². The van der Waals surface area contributed by atoms with E-state index >= 15 is 0 Å². The predicted octanol–water partition coefficient (Wildman–Crippen LogP) is 3.62. The summed E-state index contributed by atoms with van der Waals surface area (Å²) in [5.74, 6) is 1.24. The highest BCUT2D eigenvalue weighted by Crippen LogP contribution is 2.39. The van der Waals surface area contributed by atoms with Gasteiger partial charge in [-0.05, 0) is 62.4 Å². The molecule has 2 aliphatic rings. The molecule has 0 radical (unpaired) electrons. The van der Waals surface area contributed by atoms with Gasteiger partial charge in [0.05, 0.1) is 34.3 Å². The van der Waals surface area contributed by atoms with Gasteiger partial charge in [-0.3, -0.25) is 0 Å². The Morgan fingerprint density at radius 2 is 2.11 bits per heavy atom. The van der Waals surface area contributed by atoms with Gasteiger partial charge in [0.1, 0.15) is 5.82 Å². The minimum Gasteiger partial charge on any atom is -0.389 e. The van der Waals surface area contributed by atoms with E-state index in [0.717, 1.165) is 48.6 Å². The van der Waals surface area contributed by atoms with E-state index in [9.17, 15) is 5.11 Å².